The maximum atomic E-state index is 6.08. The van der Waals surface area contributed by atoms with Gasteiger partial charge in [-0.1, -0.05) is 25.1 Å². The molecule has 90 valence electrons. The lowest BCUT2D eigenvalue weighted by molar-refractivity contribution is 0.666. The van der Waals surface area contributed by atoms with E-state index in [1.54, 1.807) is 6.20 Å². The number of nitrogens with zero attached hydrogens (tertiary/aromatic N) is 2. The van der Waals surface area contributed by atoms with Crippen molar-refractivity contribution < 1.29 is 0 Å². The van der Waals surface area contributed by atoms with E-state index in [1.807, 2.05) is 18.2 Å². The molecule has 0 aliphatic heterocycles. The first-order chi connectivity index (χ1) is 8.15. The van der Waals surface area contributed by atoms with E-state index in [0.717, 1.165) is 28.7 Å². The molecule has 0 aliphatic carbocycles. The molecule has 0 saturated heterocycles. The van der Waals surface area contributed by atoms with Gasteiger partial charge in [-0.05, 0) is 19.4 Å². The van der Waals surface area contributed by atoms with Crippen molar-refractivity contribution in [3.8, 4) is 0 Å². The number of aromatic nitrogens is 1. The van der Waals surface area contributed by atoms with Gasteiger partial charge in [-0.2, -0.15) is 0 Å². The first-order valence-electron chi connectivity index (χ1n) is 6.01. The molecule has 0 spiro atoms. The third-order valence-corrected chi connectivity index (χ3v) is 3.38. The Kier molecular flexibility index (Phi) is 3.18. The van der Waals surface area contributed by atoms with Gasteiger partial charge in [-0.3, -0.25) is 4.98 Å². The van der Waals surface area contributed by atoms with Gasteiger partial charge in [-0.25, -0.2) is 0 Å². The molecule has 0 fully saturated rings. The number of fused-ring (bicyclic) bond motifs is 1. The van der Waals surface area contributed by atoms with Crippen LogP contribution in [0.1, 0.15) is 20.3 Å². The molecule has 0 aliphatic rings. The van der Waals surface area contributed by atoms with Crippen molar-refractivity contribution in [2.24, 2.45) is 0 Å². The molecule has 1 atom stereocenters. The van der Waals surface area contributed by atoms with Crippen LogP contribution in [0.3, 0.4) is 0 Å². The molecule has 0 radical (unpaired) electrons. The van der Waals surface area contributed by atoms with Crippen LogP contribution in [-0.2, 0) is 0 Å². The standard InChI is InChI=1S/C14H19N3/c1-4-10(2)17(3)14-11-7-5-6-8-13(11)16-9-12(14)15/h5-10H,4,15H2,1-3H3. The Balaban J connectivity index is 2.62. The number of nitrogens with two attached hydrogens (primary N) is 1. The van der Waals surface area contributed by atoms with Crippen LogP contribution in [-0.4, -0.2) is 18.1 Å². The van der Waals surface area contributed by atoms with Gasteiger partial charge in [0.2, 0.25) is 0 Å². The summed E-state index contributed by atoms with van der Waals surface area (Å²) in [7, 11) is 2.09. The molecule has 3 heteroatoms. The van der Waals surface area contributed by atoms with Crippen LogP contribution in [0, 0.1) is 0 Å². The summed E-state index contributed by atoms with van der Waals surface area (Å²) in [5, 5.41) is 1.12. The summed E-state index contributed by atoms with van der Waals surface area (Å²) in [4.78, 5) is 6.59. The maximum absolute atomic E-state index is 6.08. The molecule has 2 aromatic rings. The fraction of sp³-hybridized carbons (Fsp3) is 0.357. The molecule has 3 nitrogen and oxygen atoms in total. The monoisotopic (exact) mass is 229 g/mol. The smallest absolute Gasteiger partial charge is 0.0745 e. The zero-order valence-electron chi connectivity index (χ0n) is 10.6. The first kappa shape index (κ1) is 11.7. The zero-order valence-corrected chi connectivity index (χ0v) is 10.6. The predicted octanol–water partition coefficient (Wildman–Crippen LogP) is 3.05. The number of para-hydroxylation sites is 1. The highest BCUT2D eigenvalue weighted by molar-refractivity contribution is 5.97. The summed E-state index contributed by atoms with van der Waals surface area (Å²) in [5.74, 6) is 0. The Morgan fingerprint density at radius 3 is 2.76 bits per heavy atom. The normalized spacial score (nSPS) is 12.6. The van der Waals surface area contributed by atoms with E-state index in [2.05, 4.69) is 36.8 Å². The van der Waals surface area contributed by atoms with Crippen LogP contribution in [0.2, 0.25) is 0 Å². The number of anilines is 2. The molecule has 0 saturated carbocycles. The van der Waals surface area contributed by atoms with E-state index in [0.29, 0.717) is 6.04 Å². The molecular formula is C14H19N3. The summed E-state index contributed by atoms with van der Waals surface area (Å²) in [6.07, 6.45) is 2.84. The number of benzene rings is 1. The average molecular weight is 229 g/mol. The third kappa shape index (κ3) is 2.05. The van der Waals surface area contributed by atoms with Crippen LogP contribution in [0.4, 0.5) is 11.4 Å². The molecule has 0 amide bonds. The minimum absolute atomic E-state index is 0.461. The third-order valence-electron chi connectivity index (χ3n) is 3.38. The first-order valence-corrected chi connectivity index (χ1v) is 6.01. The highest BCUT2D eigenvalue weighted by atomic mass is 15.1. The molecular weight excluding hydrogens is 210 g/mol. The Morgan fingerprint density at radius 1 is 1.35 bits per heavy atom. The Hall–Kier alpha value is -1.77. The topological polar surface area (TPSA) is 42.1 Å². The van der Waals surface area contributed by atoms with Crippen LogP contribution in [0.15, 0.2) is 30.5 Å². The number of nitrogen functional groups attached to an aromatic ring is 1. The molecule has 0 bridgehead atoms. The van der Waals surface area contributed by atoms with Gasteiger partial charge in [0.05, 0.1) is 23.1 Å². The number of pyridine rings is 1. The highest BCUT2D eigenvalue weighted by Gasteiger charge is 2.14. The highest BCUT2D eigenvalue weighted by Crippen LogP contribution is 2.31. The largest absolute Gasteiger partial charge is 0.396 e. The second-order valence-electron chi connectivity index (χ2n) is 4.45. The van der Waals surface area contributed by atoms with E-state index in [9.17, 15) is 0 Å². The predicted molar refractivity (Wildman–Crippen MR) is 74.3 cm³/mol. The van der Waals surface area contributed by atoms with E-state index < -0.39 is 0 Å². The molecule has 1 heterocycles. The van der Waals surface area contributed by atoms with Crippen LogP contribution >= 0.6 is 0 Å². The summed E-state index contributed by atoms with van der Waals surface area (Å²) in [6, 6.07) is 8.58. The lowest BCUT2D eigenvalue weighted by atomic mass is 10.1. The van der Waals surface area contributed by atoms with Crippen LogP contribution in [0.25, 0.3) is 10.9 Å². The molecule has 17 heavy (non-hydrogen) atoms. The Morgan fingerprint density at radius 2 is 2.06 bits per heavy atom. The minimum Gasteiger partial charge on any atom is -0.396 e. The number of rotatable bonds is 3. The van der Waals surface area contributed by atoms with Crippen molar-refractivity contribution in [2.45, 2.75) is 26.3 Å². The zero-order chi connectivity index (χ0) is 12.4. The fourth-order valence-electron chi connectivity index (χ4n) is 2.03. The summed E-state index contributed by atoms with van der Waals surface area (Å²) < 4.78 is 0. The number of hydrogen-bond donors (Lipinski definition) is 1. The molecule has 1 aromatic carbocycles. The van der Waals surface area contributed by atoms with Crippen molar-refractivity contribution in [1.29, 1.82) is 0 Å². The van der Waals surface area contributed by atoms with E-state index in [1.165, 1.54) is 0 Å². The summed E-state index contributed by atoms with van der Waals surface area (Å²) in [6.45, 7) is 4.38. The van der Waals surface area contributed by atoms with Crippen molar-refractivity contribution in [3.05, 3.63) is 30.5 Å². The molecule has 1 unspecified atom stereocenters. The van der Waals surface area contributed by atoms with Crippen molar-refractivity contribution in [1.82, 2.24) is 4.98 Å². The summed E-state index contributed by atoms with van der Waals surface area (Å²) in [5.41, 5.74) is 8.90. The fourth-order valence-corrected chi connectivity index (χ4v) is 2.03. The quantitative estimate of drug-likeness (QED) is 0.879. The van der Waals surface area contributed by atoms with Gasteiger partial charge in [-0.15, -0.1) is 0 Å². The SMILES string of the molecule is CCC(C)N(C)c1c(N)cnc2ccccc12. The number of hydrogen-bond acceptors (Lipinski definition) is 3. The van der Waals surface area contributed by atoms with Gasteiger partial charge in [0, 0.05) is 18.5 Å². The van der Waals surface area contributed by atoms with Crippen LogP contribution in [0.5, 0.6) is 0 Å². The molecule has 2 N–H and O–H groups in total. The van der Waals surface area contributed by atoms with Crippen molar-refractivity contribution >= 4 is 22.3 Å². The van der Waals surface area contributed by atoms with Gasteiger partial charge in [0.1, 0.15) is 0 Å². The van der Waals surface area contributed by atoms with Gasteiger partial charge in [0.15, 0.2) is 0 Å². The second kappa shape index (κ2) is 4.62. The van der Waals surface area contributed by atoms with Crippen LogP contribution < -0.4 is 10.6 Å². The van der Waals surface area contributed by atoms with E-state index in [-0.39, 0.29) is 0 Å². The minimum atomic E-state index is 0.461. The Labute approximate surface area is 102 Å². The van der Waals surface area contributed by atoms with Crippen molar-refractivity contribution in [3.63, 3.8) is 0 Å². The average Bonchev–Trinajstić information content (AvgIpc) is 2.37. The Bertz CT molecular complexity index is 522. The molecule has 2 rings (SSSR count). The lowest BCUT2D eigenvalue weighted by Gasteiger charge is -2.28. The van der Waals surface area contributed by atoms with Gasteiger partial charge >= 0.3 is 0 Å². The molecule has 1 aromatic heterocycles. The lowest BCUT2D eigenvalue weighted by Crippen LogP contribution is -2.29. The van der Waals surface area contributed by atoms with Gasteiger partial charge in [0.25, 0.3) is 0 Å². The van der Waals surface area contributed by atoms with E-state index in [4.69, 9.17) is 5.73 Å². The maximum Gasteiger partial charge on any atom is 0.0745 e. The summed E-state index contributed by atoms with van der Waals surface area (Å²) >= 11 is 0. The van der Waals surface area contributed by atoms with Crippen molar-refractivity contribution in [2.75, 3.05) is 17.7 Å². The van der Waals surface area contributed by atoms with Gasteiger partial charge < -0.3 is 10.6 Å². The second-order valence-corrected chi connectivity index (χ2v) is 4.45. The van der Waals surface area contributed by atoms with E-state index >= 15 is 0 Å².